The Bertz CT molecular complexity index is 785. The third-order valence-corrected chi connectivity index (χ3v) is 5.02. The van der Waals surface area contributed by atoms with Gasteiger partial charge in [0.25, 0.3) is 0 Å². The summed E-state index contributed by atoms with van der Waals surface area (Å²) in [7, 11) is 1.62. The van der Waals surface area contributed by atoms with Gasteiger partial charge in [0.1, 0.15) is 11.8 Å². The third-order valence-electron chi connectivity index (χ3n) is 4.77. The minimum absolute atomic E-state index is 0.0143. The van der Waals surface area contributed by atoms with Crippen molar-refractivity contribution in [3.63, 3.8) is 0 Å². The lowest BCUT2D eigenvalue weighted by molar-refractivity contribution is -0.0905. The lowest BCUT2D eigenvalue weighted by Crippen LogP contribution is -2.52. The van der Waals surface area contributed by atoms with E-state index in [1.807, 2.05) is 6.20 Å². The number of nitrogens with zero attached hydrogens (tertiary/aromatic N) is 3. The Hall–Kier alpha value is -2.20. The summed E-state index contributed by atoms with van der Waals surface area (Å²) in [6.45, 7) is 0.927. The molecule has 0 radical (unpaired) electrons. The number of aromatic nitrogens is 3. The van der Waals surface area contributed by atoms with Gasteiger partial charge in [-0.2, -0.15) is 0 Å². The minimum atomic E-state index is -0.454. The van der Waals surface area contributed by atoms with E-state index in [1.165, 1.54) is 0 Å². The first-order chi connectivity index (χ1) is 14.1. The van der Waals surface area contributed by atoms with E-state index in [0.717, 1.165) is 25.0 Å². The number of aliphatic hydroxyl groups is 1. The molecule has 2 aromatic rings. The summed E-state index contributed by atoms with van der Waals surface area (Å²) in [6, 6.07) is 6.25. The zero-order valence-corrected chi connectivity index (χ0v) is 17.0. The number of urea groups is 1. The maximum absolute atomic E-state index is 12.3. The van der Waals surface area contributed by atoms with Gasteiger partial charge in [-0.05, 0) is 43.5 Å². The van der Waals surface area contributed by atoms with Crippen LogP contribution in [0.2, 0.25) is 5.02 Å². The van der Waals surface area contributed by atoms with Gasteiger partial charge in [-0.15, -0.1) is 5.10 Å². The zero-order chi connectivity index (χ0) is 20.6. The Labute approximate surface area is 174 Å². The standard InChI is InChI=1S/C19H26ClN5O4/c1-28-12-15-10-25(24-23-15)9-8-16-6-7-17(18(11-26)29-16)22-19(27)21-14-4-2-13(20)3-5-14/h2-5,10,16-18,26H,6-9,11-12H2,1H3,(H2,21,22,27)/t16-,17+,18+/m1/s1. The molecule has 158 valence electrons. The van der Waals surface area contributed by atoms with Gasteiger partial charge < -0.3 is 25.2 Å². The minimum Gasteiger partial charge on any atom is -0.394 e. The molecule has 1 fully saturated rings. The zero-order valence-electron chi connectivity index (χ0n) is 16.3. The van der Waals surface area contributed by atoms with Crippen molar-refractivity contribution in [1.29, 1.82) is 0 Å². The van der Waals surface area contributed by atoms with Crippen molar-refractivity contribution in [2.24, 2.45) is 0 Å². The summed E-state index contributed by atoms with van der Waals surface area (Å²) in [6.07, 6.45) is 3.62. The lowest BCUT2D eigenvalue weighted by Gasteiger charge is -2.36. The van der Waals surface area contributed by atoms with Crippen molar-refractivity contribution in [3.05, 3.63) is 41.2 Å². The smallest absolute Gasteiger partial charge is 0.319 e. The van der Waals surface area contributed by atoms with Gasteiger partial charge in [0.2, 0.25) is 0 Å². The van der Waals surface area contributed by atoms with Crippen molar-refractivity contribution in [2.75, 3.05) is 19.0 Å². The number of halogens is 1. The third kappa shape index (κ3) is 6.40. The Balaban J connectivity index is 1.45. The molecule has 3 N–H and O–H groups in total. The van der Waals surface area contributed by atoms with Crippen molar-refractivity contribution < 1.29 is 19.4 Å². The summed E-state index contributed by atoms with van der Waals surface area (Å²) >= 11 is 5.85. The average molecular weight is 424 g/mol. The summed E-state index contributed by atoms with van der Waals surface area (Å²) in [5.41, 5.74) is 1.42. The first-order valence-electron chi connectivity index (χ1n) is 9.54. The molecule has 1 aliphatic heterocycles. The molecule has 3 atom stereocenters. The van der Waals surface area contributed by atoms with E-state index < -0.39 is 6.10 Å². The van der Waals surface area contributed by atoms with Crippen LogP contribution in [0.4, 0.5) is 10.5 Å². The molecule has 0 unspecified atom stereocenters. The second-order valence-corrected chi connectivity index (χ2v) is 7.40. The van der Waals surface area contributed by atoms with Crippen LogP contribution in [0.1, 0.15) is 25.0 Å². The van der Waals surface area contributed by atoms with E-state index in [4.69, 9.17) is 21.1 Å². The monoisotopic (exact) mass is 423 g/mol. The SMILES string of the molecule is COCc1cn(CC[C@H]2CC[C@H](NC(=O)Nc3ccc(Cl)cc3)[C@H](CO)O2)nn1. The number of hydrogen-bond acceptors (Lipinski definition) is 6. The molecule has 0 spiro atoms. The summed E-state index contributed by atoms with van der Waals surface area (Å²) in [5, 5.41) is 24.0. The molecule has 1 saturated heterocycles. The van der Waals surface area contributed by atoms with Crippen LogP contribution >= 0.6 is 11.6 Å². The van der Waals surface area contributed by atoms with Crippen LogP contribution in [0, 0.1) is 0 Å². The highest BCUT2D eigenvalue weighted by Crippen LogP contribution is 2.22. The van der Waals surface area contributed by atoms with Gasteiger partial charge in [-0.1, -0.05) is 16.8 Å². The van der Waals surface area contributed by atoms with Crippen LogP contribution in [0.5, 0.6) is 0 Å². The van der Waals surface area contributed by atoms with E-state index in [-0.39, 0.29) is 24.8 Å². The fourth-order valence-corrected chi connectivity index (χ4v) is 3.44. The Morgan fingerprint density at radius 1 is 1.38 bits per heavy atom. The van der Waals surface area contributed by atoms with Gasteiger partial charge in [0, 0.05) is 24.4 Å². The predicted molar refractivity (Wildman–Crippen MR) is 108 cm³/mol. The lowest BCUT2D eigenvalue weighted by atomic mass is 9.97. The fourth-order valence-electron chi connectivity index (χ4n) is 3.32. The molecule has 29 heavy (non-hydrogen) atoms. The van der Waals surface area contributed by atoms with E-state index in [2.05, 4.69) is 20.9 Å². The van der Waals surface area contributed by atoms with Crippen LogP contribution in [0.15, 0.2) is 30.5 Å². The fraction of sp³-hybridized carbons (Fsp3) is 0.526. The summed E-state index contributed by atoms with van der Waals surface area (Å²) in [4.78, 5) is 12.3. The molecule has 2 amide bonds. The number of amides is 2. The molecule has 1 aromatic heterocycles. The maximum atomic E-state index is 12.3. The molecule has 9 nitrogen and oxygen atoms in total. The number of hydrogen-bond donors (Lipinski definition) is 3. The second kappa shape index (κ2) is 10.5. The molecular formula is C19H26ClN5O4. The van der Waals surface area contributed by atoms with Crippen LogP contribution in [-0.2, 0) is 22.6 Å². The van der Waals surface area contributed by atoms with E-state index in [1.54, 1.807) is 36.1 Å². The van der Waals surface area contributed by atoms with Crippen molar-refractivity contribution >= 4 is 23.3 Å². The number of carbonyl (C=O) groups excluding carboxylic acids is 1. The van der Waals surface area contributed by atoms with Gasteiger partial charge in [0.05, 0.1) is 31.6 Å². The molecule has 1 aromatic carbocycles. The van der Waals surface area contributed by atoms with Crippen molar-refractivity contribution in [2.45, 2.75) is 50.7 Å². The number of ether oxygens (including phenoxy) is 2. The first kappa shape index (κ1) is 21.5. The highest BCUT2D eigenvalue weighted by molar-refractivity contribution is 6.30. The quantitative estimate of drug-likeness (QED) is 0.600. The van der Waals surface area contributed by atoms with Crippen LogP contribution in [-0.4, -0.2) is 58.1 Å². The van der Waals surface area contributed by atoms with Crippen LogP contribution in [0.3, 0.4) is 0 Å². The van der Waals surface area contributed by atoms with Gasteiger partial charge in [-0.25, -0.2) is 4.79 Å². The van der Waals surface area contributed by atoms with E-state index in [0.29, 0.717) is 23.9 Å². The van der Waals surface area contributed by atoms with Crippen LogP contribution in [0.25, 0.3) is 0 Å². The largest absolute Gasteiger partial charge is 0.394 e. The molecule has 3 rings (SSSR count). The summed E-state index contributed by atoms with van der Waals surface area (Å²) < 4.78 is 12.8. The topological polar surface area (TPSA) is 111 Å². The molecule has 0 bridgehead atoms. The highest BCUT2D eigenvalue weighted by Gasteiger charge is 2.31. The number of nitrogens with one attached hydrogen (secondary N) is 2. The molecule has 0 aliphatic carbocycles. The van der Waals surface area contributed by atoms with Gasteiger partial charge in [-0.3, -0.25) is 4.68 Å². The van der Waals surface area contributed by atoms with E-state index >= 15 is 0 Å². The first-order valence-corrected chi connectivity index (χ1v) is 9.92. The van der Waals surface area contributed by atoms with Gasteiger partial charge in [0.15, 0.2) is 0 Å². The normalized spacial score (nSPS) is 21.7. The van der Waals surface area contributed by atoms with Gasteiger partial charge >= 0.3 is 6.03 Å². The maximum Gasteiger partial charge on any atom is 0.319 e. The molecule has 1 aliphatic rings. The highest BCUT2D eigenvalue weighted by atomic mass is 35.5. The Morgan fingerprint density at radius 2 is 2.17 bits per heavy atom. The average Bonchev–Trinajstić information content (AvgIpc) is 3.16. The molecule has 10 heteroatoms. The number of aliphatic hydroxyl groups excluding tert-OH is 1. The summed E-state index contributed by atoms with van der Waals surface area (Å²) in [5.74, 6) is 0. The molecule has 2 heterocycles. The number of methoxy groups -OCH3 is 1. The Morgan fingerprint density at radius 3 is 2.90 bits per heavy atom. The van der Waals surface area contributed by atoms with Crippen molar-refractivity contribution in [1.82, 2.24) is 20.3 Å². The number of rotatable bonds is 8. The molecule has 0 saturated carbocycles. The second-order valence-electron chi connectivity index (χ2n) is 6.96. The number of benzene rings is 1. The number of aryl methyl sites for hydroxylation is 1. The number of carbonyl (C=O) groups is 1. The number of anilines is 1. The van der Waals surface area contributed by atoms with Crippen LogP contribution < -0.4 is 10.6 Å². The predicted octanol–water partition coefficient (Wildman–Crippen LogP) is 2.20. The Kier molecular flexibility index (Phi) is 7.82. The van der Waals surface area contributed by atoms with E-state index in [9.17, 15) is 9.90 Å². The molecular weight excluding hydrogens is 398 g/mol. The van der Waals surface area contributed by atoms with Crippen molar-refractivity contribution in [3.8, 4) is 0 Å².